The van der Waals surface area contributed by atoms with E-state index < -0.39 is 0 Å². The van der Waals surface area contributed by atoms with E-state index in [1.54, 1.807) is 0 Å². The van der Waals surface area contributed by atoms with Gasteiger partial charge >= 0.3 is 0 Å². The van der Waals surface area contributed by atoms with Crippen molar-refractivity contribution in [1.29, 1.82) is 0 Å². The van der Waals surface area contributed by atoms with E-state index in [1.165, 1.54) is 5.56 Å². The highest BCUT2D eigenvalue weighted by Crippen LogP contribution is 2.14. The Morgan fingerprint density at radius 1 is 1.04 bits per heavy atom. The highest BCUT2D eigenvalue weighted by Gasteiger charge is 2.08. The monoisotopic (exact) mass is 307 g/mol. The molecule has 0 saturated heterocycles. The maximum atomic E-state index is 12.3. The van der Waals surface area contributed by atoms with E-state index in [4.69, 9.17) is 0 Å². The lowest BCUT2D eigenvalue weighted by Crippen LogP contribution is -2.23. The van der Waals surface area contributed by atoms with Crippen LogP contribution in [-0.2, 0) is 13.1 Å². The van der Waals surface area contributed by atoms with Gasteiger partial charge in [0.15, 0.2) is 0 Å². The second kappa shape index (κ2) is 6.67. The number of fused-ring (bicyclic) bond motifs is 1. The molecule has 0 bridgehead atoms. The van der Waals surface area contributed by atoms with Crippen LogP contribution in [0.3, 0.4) is 0 Å². The van der Waals surface area contributed by atoms with Gasteiger partial charge < -0.3 is 15.2 Å². The molecule has 0 unspecified atom stereocenters. The second-order valence-corrected chi connectivity index (χ2v) is 6.01. The zero-order valence-electron chi connectivity index (χ0n) is 13.5. The Hall–Kier alpha value is -2.59. The number of rotatable bonds is 5. The standard InChI is InChI=1S/C19H21N3O/c1-22(2)13-15-9-7-14(8-10-15)12-20-19(23)18-11-16-5-3-4-6-17(16)21-18/h3-11,21H,12-13H2,1-2H3,(H,20,23). The van der Waals surface area contributed by atoms with Crippen LogP contribution >= 0.6 is 0 Å². The quantitative estimate of drug-likeness (QED) is 0.760. The van der Waals surface area contributed by atoms with Crippen molar-refractivity contribution in [3.05, 3.63) is 71.4 Å². The number of carbonyl (C=O) groups excluding carboxylic acids is 1. The molecule has 1 amide bonds. The Morgan fingerprint density at radius 3 is 2.43 bits per heavy atom. The summed E-state index contributed by atoms with van der Waals surface area (Å²) in [6.07, 6.45) is 0. The molecule has 2 aromatic carbocycles. The normalized spacial score (nSPS) is 11.1. The Balaban J connectivity index is 1.62. The van der Waals surface area contributed by atoms with Crippen LogP contribution in [0.25, 0.3) is 10.9 Å². The van der Waals surface area contributed by atoms with Crippen molar-refractivity contribution in [2.45, 2.75) is 13.1 Å². The van der Waals surface area contributed by atoms with Crippen molar-refractivity contribution in [3.63, 3.8) is 0 Å². The van der Waals surface area contributed by atoms with Crippen molar-refractivity contribution in [3.8, 4) is 0 Å². The molecule has 118 valence electrons. The first-order valence-electron chi connectivity index (χ1n) is 7.70. The summed E-state index contributed by atoms with van der Waals surface area (Å²) >= 11 is 0. The molecule has 23 heavy (non-hydrogen) atoms. The van der Waals surface area contributed by atoms with E-state index in [-0.39, 0.29) is 5.91 Å². The van der Waals surface area contributed by atoms with E-state index in [0.29, 0.717) is 12.2 Å². The molecule has 1 heterocycles. The third kappa shape index (κ3) is 3.79. The first-order valence-corrected chi connectivity index (χ1v) is 7.70. The number of carbonyl (C=O) groups is 1. The van der Waals surface area contributed by atoms with E-state index in [9.17, 15) is 4.79 Å². The van der Waals surface area contributed by atoms with Crippen LogP contribution in [0.2, 0.25) is 0 Å². The summed E-state index contributed by atoms with van der Waals surface area (Å²) in [7, 11) is 4.10. The molecule has 1 aromatic heterocycles. The van der Waals surface area contributed by atoms with Gasteiger partial charge in [0.1, 0.15) is 5.69 Å². The Kier molecular flexibility index (Phi) is 4.44. The minimum absolute atomic E-state index is 0.0847. The van der Waals surface area contributed by atoms with Crippen LogP contribution in [-0.4, -0.2) is 29.9 Å². The molecule has 0 saturated carbocycles. The number of nitrogens with one attached hydrogen (secondary N) is 2. The lowest BCUT2D eigenvalue weighted by molar-refractivity contribution is 0.0947. The smallest absolute Gasteiger partial charge is 0.267 e. The largest absolute Gasteiger partial charge is 0.351 e. The van der Waals surface area contributed by atoms with Gasteiger partial charge in [-0.15, -0.1) is 0 Å². The molecule has 3 aromatic rings. The Bertz CT molecular complexity index is 770. The van der Waals surface area contributed by atoms with E-state index in [2.05, 4.69) is 53.6 Å². The van der Waals surface area contributed by atoms with Crippen molar-refractivity contribution < 1.29 is 4.79 Å². The molecular weight excluding hydrogens is 286 g/mol. The van der Waals surface area contributed by atoms with Gasteiger partial charge in [-0.3, -0.25) is 4.79 Å². The number of benzene rings is 2. The molecule has 0 spiro atoms. The number of para-hydroxylation sites is 1. The van der Waals surface area contributed by atoms with E-state index in [0.717, 1.165) is 23.0 Å². The van der Waals surface area contributed by atoms with E-state index >= 15 is 0 Å². The first kappa shape index (κ1) is 15.3. The lowest BCUT2D eigenvalue weighted by Gasteiger charge is -2.10. The SMILES string of the molecule is CN(C)Cc1ccc(CNC(=O)c2cc3ccccc3[nH]2)cc1. The number of nitrogens with zero attached hydrogens (tertiary/aromatic N) is 1. The van der Waals surface area contributed by atoms with Crippen molar-refractivity contribution in [2.24, 2.45) is 0 Å². The Morgan fingerprint density at radius 2 is 1.74 bits per heavy atom. The summed E-state index contributed by atoms with van der Waals surface area (Å²) in [4.78, 5) is 17.5. The predicted octanol–water partition coefficient (Wildman–Crippen LogP) is 3.16. The maximum absolute atomic E-state index is 12.3. The molecular formula is C19H21N3O. The highest BCUT2D eigenvalue weighted by atomic mass is 16.1. The maximum Gasteiger partial charge on any atom is 0.267 e. The third-order valence-electron chi connectivity index (χ3n) is 3.75. The fourth-order valence-electron chi connectivity index (χ4n) is 2.60. The van der Waals surface area contributed by atoms with Crippen LogP contribution < -0.4 is 5.32 Å². The number of aromatic amines is 1. The van der Waals surface area contributed by atoms with Gasteiger partial charge in [-0.1, -0.05) is 42.5 Å². The number of aromatic nitrogens is 1. The summed E-state index contributed by atoms with van der Waals surface area (Å²) in [5.74, 6) is -0.0847. The molecule has 0 atom stereocenters. The van der Waals surface area contributed by atoms with Crippen molar-refractivity contribution >= 4 is 16.8 Å². The van der Waals surface area contributed by atoms with Crippen LogP contribution in [0.15, 0.2) is 54.6 Å². The molecule has 3 rings (SSSR count). The van der Waals surface area contributed by atoms with Crippen molar-refractivity contribution in [1.82, 2.24) is 15.2 Å². The topological polar surface area (TPSA) is 48.1 Å². The van der Waals surface area contributed by atoms with Crippen LogP contribution in [0.5, 0.6) is 0 Å². The number of hydrogen-bond donors (Lipinski definition) is 2. The summed E-state index contributed by atoms with van der Waals surface area (Å²) in [5, 5.41) is 4.00. The van der Waals surface area contributed by atoms with Crippen LogP contribution in [0.1, 0.15) is 21.6 Å². The number of hydrogen-bond acceptors (Lipinski definition) is 2. The molecule has 0 aliphatic carbocycles. The van der Waals surface area contributed by atoms with Crippen molar-refractivity contribution in [2.75, 3.05) is 14.1 Å². The average Bonchev–Trinajstić information content (AvgIpc) is 2.97. The van der Waals surface area contributed by atoms with Gasteiger partial charge in [0.25, 0.3) is 5.91 Å². The first-order chi connectivity index (χ1) is 11.1. The zero-order chi connectivity index (χ0) is 16.2. The number of amides is 1. The predicted molar refractivity (Wildman–Crippen MR) is 93.3 cm³/mol. The highest BCUT2D eigenvalue weighted by molar-refractivity contribution is 5.97. The third-order valence-corrected chi connectivity index (χ3v) is 3.75. The van der Waals surface area contributed by atoms with E-state index in [1.807, 2.05) is 30.3 Å². The second-order valence-electron chi connectivity index (χ2n) is 6.01. The molecule has 0 radical (unpaired) electrons. The Labute approximate surface area is 136 Å². The van der Waals surface area contributed by atoms with Gasteiger partial charge in [-0.25, -0.2) is 0 Å². The zero-order valence-corrected chi connectivity index (χ0v) is 13.5. The summed E-state index contributed by atoms with van der Waals surface area (Å²) < 4.78 is 0. The van der Waals surface area contributed by atoms with Crippen LogP contribution in [0.4, 0.5) is 0 Å². The summed E-state index contributed by atoms with van der Waals surface area (Å²) in [6, 6.07) is 18.1. The van der Waals surface area contributed by atoms with Crippen LogP contribution in [0, 0.1) is 0 Å². The summed E-state index contributed by atoms with van der Waals surface area (Å²) in [5.41, 5.74) is 3.93. The van der Waals surface area contributed by atoms with Gasteiger partial charge in [-0.05, 0) is 37.4 Å². The van der Waals surface area contributed by atoms with Gasteiger partial charge in [0.2, 0.25) is 0 Å². The van der Waals surface area contributed by atoms with Gasteiger partial charge in [-0.2, -0.15) is 0 Å². The molecule has 0 fully saturated rings. The molecule has 4 nitrogen and oxygen atoms in total. The summed E-state index contributed by atoms with van der Waals surface area (Å²) in [6.45, 7) is 1.44. The molecule has 4 heteroatoms. The molecule has 2 N–H and O–H groups in total. The minimum atomic E-state index is -0.0847. The minimum Gasteiger partial charge on any atom is -0.351 e. The van der Waals surface area contributed by atoms with Gasteiger partial charge in [0, 0.05) is 24.0 Å². The van der Waals surface area contributed by atoms with Gasteiger partial charge in [0.05, 0.1) is 0 Å². The lowest BCUT2D eigenvalue weighted by atomic mass is 10.1. The average molecular weight is 307 g/mol. The molecule has 0 aliphatic heterocycles. The fraction of sp³-hybridized carbons (Fsp3) is 0.211. The fourth-order valence-corrected chi connectivity index (χ4v) is 2.60. The number of H-pyrrole nitrogens is 1. The molecule has 0 aliphatic rings.